The first-order valence-corrected chi connectivity index (χ1v) is 7.86. The van der Waals surface area contributed by atoms with Gasteiger partial charge in [0.2, 0.25) is 11.2 Å². The zero-order chi connectivity index (χ0) is 17.8. The summed E-state index contributed by atoms with van der Waals surface area (Å²) in [6.45, 7) is -0.469. The molecule has 0 saturated heterocycles. The largest absolute Gasteiger partial charge is 0.502 e. The zero-order valence-electron chi connectivity index (χ0n) is 13.0. The minimum absolute atomic E-state index is 0.0414. The van der Waals surface area contributed by atoms with E-state index in [1.54, 1.807) is 48.7 Å². The van der Waals surface area contributed by atoms with Gasteiger partial charge in [-0.2, -0.15) is 0 Å². The number of hydrogen-bond acceptors (Lipinski definition) is 6. The lowest BCUT2D eigenvalue weighted by atomic mass is 10.1. The molecule has 0 unspecified atom stereocenters. The summed E-state index contributed by atoms with van der Waals surface area (Å²) in [7, 11) is 0. The molecule has 0 fully saturated rings. The number of para-hydroxylation sites is 1. The number of pyridine rings is 1. The van der Waals surface area contributed by atoms with E-state index < -0.39 is 23.8 Å². The first kappa shape index (κ1) is 17.0. The quantitative estimate of drug-likeness (QED) is 0.648. The van der Waals surface area contributed by atoms with Crippen molar-refractivity contribution in [2.24, 2.45) is 0 Å². The van der Waals surface area contributed by atoms with Crippen molar-refractivity contribution in [3.8, 4) is 5.75 Å². The number of nitrogens with one attached hydrogen (secondary N) is 1. The van der Waals surface area contributed by atoms with Crippen LogP contribution in [0.2, 0.25) is 5.02 Å². The molecule has 1 atom stereocenters. The molecule has 25 heavy (non-hydrogen) atoms. The Kier molecular flexibility index (Phi) is 5.02. The third-order valence-electron chi connectivity index (χ3n) is 3.58. The van der Waals surface area contributed by atoms with Gasteiger partial charge in [-0.05, 0) is 24.3 Å². The number of rotatable bonds is 5. The van der Waals surface area contributed by atoms with Crippen LogP contribution >= 0.6 is 11.6 Å². The number of halogens is 1. The molecule has 0 saturated carbocycles. The van der Waals surface area contributed by atoms with E-state index in [1.807, 2.05) is 0 Å². The number of aliphatic hydroxyl groups is 1. The maximum absolute atomic E-state index is 12.0. The summed E-state index contributed by atoms with van der Waals surface area (Å²) >= 11 is 6.20. The van der Waals surface area contributed by atoms with Crippen molar-refractivity contribution in [2.75, 3.05) is 5.32 Å². The van der Waals surface area contributed by atoms with Crippen LogP contribution < -0.4 is 10.7 Å². The fraction of sp³-hybridized carbons (Fsp3) is 0.111. The van der Waals surface area contributed by atoms with Crippen molar-refractivity contribution in [3.05, 3.63) is 87.2 Å². The molecule has 0 aliphatic carbocycles. The first-order chi connectivity index (χ1) is 12.1. The number of aliphatic hydroxyl groups excluding tert-OH is 1. The Balaban J connectivity index is 2.14. The molecule has 128 valence electrons. The van der Waals surface area contributed by atoms with Crippen LogP contribution in [0.1, 0.15) is 23.3 Å². The number of benzene rings is 1. The van der Waals surface area contributed by atoms with Gasteiger partial charge in [-0.1, -0.05) is 29.8 Å². The van der Waals surface area contributed by atoms with Gasteiger partial charge in [-0.25, -0.2) is 0 Å². The monoisotopic (exact) mass is 358 g/mol. The van der Waals surface area contributed by atoms with Crippen molar-refractivity contribution < 1.29 is 14.6 Å². The Morgan fingerprint density at radius 2 is 1.96 bits per heavy atom. The lowest BCUT2D eigenvalue weighted by molar-refractivity contribution is 0.234. The normalized spacial score (nSPS) is 11.9. The van der Waals surface area contributed by atoms with E-state index in [4.69, 9.17) is 16.0 Å². The molecule has 6 nitrogen and oxygen atoms in total. The molecule has 0 spiro atoms. The second-order valence-corrected chi connectivity index (χ2v) is 5.67. The maximum atomic E-state index is 12.0. The van der Waals surface area contributed by atoms with Crippen LogP contribution in [0, 0.1) is 0 Å². The number of aromatic nitrogens is 1. The average molecular weight is 359 g/mol. The fourth-order valence-corrected chi connectivity index (χ4v) is 2.57. The number of anilines is 1. The molecular weight excluding hydrogens is 344 g/mol. The average Bonchev–Trinajstić information content (AvgIpc) is 2.64. The summed E-state index contributed by atoms with van der Waals surface area (Å²) in [5.41, 5.74) is 0.444. The Hall–Kier alpha value is -2.83. The highest BCUT2D eigenvalue weighted by Crippen LogP contribution is 2.32. The van der Waals surface area contributed by atoms with E-state index in [0.717, 1.165) is 6.07 Å². The van der Waals surface area contributed by atoms with Gasteiger partial charge in [0.15, 0.2) is 5.76 Å². The topological polar surface area (TPSA) is 95.6 Å². The zero-order valence-corrected chi connectivity index (χ0v) is 13.8. The molecule has 0 aliphatic rings. The minimum atomic E-state index is -0.778. The molecule has 0 amide bonds. The van der Waals surface area contributed by atoms with Gasteiger partial charge < -0.3 is 19.9 Å². The molecule has 1 aromatic carbocycles. The summed E-state index contributed by atoms with van der Waals surface area (Å²) in [5, 5.41) is 23.1. The minimum Gasteiger partial charge on any atom is -0.502 e. The molecule has 0 radical (unpaired) electrons. The van der Waals surface area contributed by atoms with Gasteiger partial charge in [0.05, 0.1) is 16.4 Å². The molecule has 2 heterocycles. The van der Waals surface area contributed by atoms with E-state index in [1.165, 1.54) is 0 Å². The van der Waals surface area contributed by atoms with Crippen molar-refractivity contribution >= 4 is 17.3 Å². The highest BCUT2D eigenvalue weighted by Gasteiger charge is 2.25. The Bertz CT molecular complexity index is 928. The molecule has 3 N–H and O–H groups in total. The van der Waals surface area contributed by atoms with Crippen LogP contribution in [0.25, 0.3) is 0 Å². The SMILES string of the molecule is O=c1cc(CO)oc([C@@H](Nc2ccccc2Cl)c2ccccn2)c1O. The Morgan fingerprint density at radius 3 is 2.64 bits per heavy atom. The highest BCUT2D eigenvalue weighted by molar-refractivity contribution is 6.33. The van der Waals surface area contributed by atoms with Gasteiger partial charge in [-0.15, -0.1) is 0 Å². The molecule has 3 aromatic rings. The molecule has 2 aromatic heterocycles. The predicted molar refractivity (Wildman–Crippen MR) is 93.7 cm³/mol. The van der Waals surface area contributed by atoms with Crippen LogP contribution in [0.5, 0.6) is 5.75 Å². The Morgan fingerprint density at radius 1 is 1.20 bits per heavy atom. The van der Waals surface area contributed by atoms with Crippen LogP contribution in [-0.4, -0.2) is 15.2 Å². The summed E-state index contributed by atoms with van der Waals surface area (Å²) in [5.74, 6) is -0.553. The van der Waals surface area contributed by atoms with Gasteiger partial charge in [0.25, 0.3) is 0 Å². The van der Waals surface area contributed by atoms with Crippen LogP contribution in [0.15, 0.2) is 63.9 Å². The second kappa shape index (κ2) is 7.38. The van der Waals surface area contributed by atoms with E-state index in [-0.39, 0.29) is 11.5 Å². The maximum Gasteiger partial charge on any atom is 0.227 e. The lowest BCUT2D eigenvalue weighted by Gasteiger charge is -2.20. The third-order valence-corrected chi connectivity index (χ3v) is 3.90. The summed E-state index contributed by atoms with van der Waals surface area (Å²) < 4.78 is 5.52. The van der Waals surface area contributed by atoms with Crippen LogP contribution in [-0.2, 0) is 6.61 Å². The molecule has 0 aliphatic heterocycles. The summed E-state index contributed by atoms with van der Waals surface area (Å²) in [6.07, 6.45) is 1.58. The Labute approximate surface area is 148 Å². The molecule has 7 heteroatoms. The van der Waals surface area contributed by atoms with E-state index in [0.29, 0.717) is 16.4 Å². The first-order valence-electron chi connectivity index (χ1n) is 7.49. The highest BCUT2D eigenvalue weighted by atomic mass is 35.5. The number of nitrogens with zero attached hydrogens (tertiary/aromatic N) is 1. The van der Waals surface area contributed by atoms with E-state index in [9.17, 15) is 15.0 Å². The molecular formula is C18H15ClN2O4. The molecule has 0 bridgehead atoms. The van der Waals surface area contributed by atoms with Crippen molar-refractivity contribution in [1.29, 1.82) is 0 Å². The summed E-state index contributed by atoms with van der Waals surface area (Å²) in [4.78, 5) is 16.2. The summed E-state index contributed by atoms with van der Waals surface area (Å²) in [6, 6.07) is 12.6. The molecule has 3 rings (SSSR count). The smallest absolute Gasteiger partial charge is 0.227 e. The van der Waals surface area contributed by atoms with Gasteiger partial charge in [0.1, 0.15) is 18.4 Å². The van der Waals surface area contributed by atoms with Crippen molar-refractivity contribution in [1.82, 2.24) is 4.98 Å². The number of aromatic hydroxyl groups is 1. The standard InChI is InChI=1S/C18H15ClN2O4/c19-12-5-1-2-6-13(12)21-16(14-7-3-4-8-20-14)18-17(24)15(23)9-11(10-22)25-18/h1-9,16,21-22,24H,10H2/t16-/m0/s1. The van der Waals surface area contributed by atoms with Gasteiger partial charge >= 0.3 is 0 Å². The van der Waals surface area contributed by atoms with E-state index in [2.05, 4.69) is 10.3 Å². The van der Waals surface area contributed by atoms with Gasteiger partial charge in [-0.3, -0.25) is 9.78 Å². The van der Waals surface area contributed by atoms with E-state index >= 15 is 0 Å². The fourth-order valence-electron chi connectivity index (χ4n) is 2.38. The van der Waals surface area contributed by atoms with Crippen LogP contribution in [0.3, 0.4) is 0 Å². The predicted octanol–water partition coefficient (Wildman–Crippen LogP) is 3.09. The third kappa shape index (κ3) is 3.65. The van der Waals surface area contributed by atoms with Crippen LogP contribution in [0.4, 0.5) is 5.69 Å². The lowest BCUT2D eigenvalue weighted by Crippen LogP contribution is -2.17. The van der Waals surface area contributed by atoms with Gasteiger partial charge in [0, 0.05) is 12.3 Å². The number of hydrogen-bond donors (Lipinski definition) is 3. The second-order valence-electron chi connectivity index (χ2n) is 5.26. The van der Waals surface area contributed by atoms with Crippen molar-refractivity contribution in [2.45, 2.75) is 12.6 Å². The van der Waals surface area contributed by atoms with Crippen molar-refractivity contribution in [3.63, 3.8) is 0 Å².